The van der Waals surface area contributed by atoms with E-state index in [0.29, 0.717) is 26.4 Å². The van der Waals surface area contributed by atoms with Crippen LogP contribution in [0.1, 0.15) is 72.1 Å². The second kappa shape index (κ2) is 20.4. The van der Waals surface area contributed by atoms with Crippen LogP contribution in [-0.4, -0.2) is 115 Å². The lowest BCUT2D eigenvalue weighted by molar-refractivity contribution is -0.144. The van der Waals surface area contributed by atoms with Crippen molar-refractivity contribution in [3.8, 4) is 10.4 Å². The minimum Gasteiger partial charge on any atom is -0.444 e. The molecule has 3 rings (SSSR count). The van der Waals surface area contributed by atoms with Crippen LogP contribution in [-0.2, 0) is 39.9 Å². The number of nitrogens with one attached hydrogen (secondary N) is 4. The summed E-state index contributed by atoms with van der Waals surface area (Å²) in [5.74, 6) is -1.70. The zero-order valence-electron chi connectivity index (χ0n) is 31.9. The molecule has 3 atom stereocenters. The second-order valence-corrected chi connectivity index (χ2v) is 15.8. The predicted molar refractivity (Wildman–Crippen MR) is 200 cm³/mol. The normalized spacial score (nSPS) is 16.5. The lowest BCUT2D eigenvalue weighted by Gasteiger charge is -2.35. The fourth-order valence-corrected chi connectivity index (χ4v) is 6.26. The van der Waals surface area contributed by atoms with Crippen molar-refractivity contribution in [2.24, 2.45) is 5.41 Å². The zero-order chi connectivity index (χ0) is 39.2. The molecule has 1 aromatic carbocycles. The highest BCUT2D eigenvalue weighted by Gasteiger charge is 2.44. The van der Waals surface area contributed by atoms with Crippen molar-refractivity contribution in [1.82, 2.24) is 31.2 Å². The molecular weight excluding hydrogens is 705 g/mol. The Morgan fingerprint density at radius 3 is 2.11 bits per heavy atom. The van der Waals surface area contributed by atoms with E-state index in [1.54, 1.807) is 58.4 Å². The lowest BCUT2D eigenvalue weighted by Crippen LogP contribution is -2.57. The van der Waals surface area contributed by atoms with Crippen molar-refractivity contribution in [3.63, 3.8) is 0 Å². The number of ether oxygens (including phenoxy) is 3. The van der Waals surface area contributed by atoms with E-state index in [-0.39, 0.29) is 51.4 Å². The minimum absolute atomic E-state index is 0.0375. The van der Waals surface area contributed by atoms with Crippen molar-refractivity contribution >= 4 is 41.1 Å². The molecule has 0 saturated carbocycles. The highest BCUT2D eigenvalue weighted by molar-refractivity contribution is 7.13. The van der Waals surface area contributed by atoms with Gasteiger partial charge < -0.3 is 45.5 Å². The molecule has 294 valence electrons. The summed E-state index contributed by atoms with van der Waals surface area (Å²) in [5.41, 5.74) is 3.38. The maximum absolute atomic E-state index is 13.8. The molecule has 2 heterocycles. The van der Waals surface area contributed by atoms with Gasteiger partial charge in [0.2, 0.25) is 23.6 Å². The molecule has 16 heteroatoms. The first-order valence-corrected chi connectivity index (χ1v) is 18.8. The third-order valence-corrected chi connectivity index (χ3v) is 9.12. The summed E-state index contributed by atoms with van der Waals surface area (Å²) in [7, 11) is 0. The van der Waals surface area contributed by atoms with Crippen LogP contribution in [0.3, 0.4) is 0 Å². The van der Waals surface area contributed by atoms with Crippen LogP contribution in [0.4, 0.5) is 4.79 Å². The quantitative estimate of drug-likeness (QED) is 0.141. The standard InChI is InChI=1S/C37H56N6O9S/c1-24-31(53-23-41-24)26-10-8-25(9-11-26)21-40-33(47)28-20-27(44)22-43(28)34(48)32(36(2,3)4)42-30(46)13-12-29(45)38-14-16-50-18-19-51-17-15-39-35(49)52-37(5,6)7/h8-11,23,27-28,32,44H,12-22H2,1-7H3,(H,38,45)(H,39,49)(H,40,47)(H,42,46)/t27-,28+,32-/m1/s1. The molecule has 5 N–H and O–H groups in total. The monoisotopic (exact) mass is 760 g/mol. The average Bonchev–Trinajstić information content (AvgIpc) is 3.69. The van der Waals surface area contributed by atoms with Crippen LogP contribution < -0.4 is 21.3 Å². The number of aliphatic hydroxyl groups excluding tert-OH is 1. The number of rotatable bonds is 18. The third kappa shape index (κ3) is 15.0. The number of benzene rings is 1. The topological polar surface area (TPSA) is 198 Å². The molecule has 5 amide bonds. The second-order valence-electron chi connectivity index (χ2n) is 14.9. The number of aliphatic hydroxyl groups is 1. The van der Waals surface area contributed by atoms with Gasteiger partial charge in [-0.15, -0.1) is 11.3 Å². The molecule has 1 saturated heterocycles. The number of hydrogen-bond acceptors (Lipinski definition) is 11. The number of nitrogens with zero attached hydrogens (tertiary/aromatic N) is 2. The Morgan fingerprint density at radius 1 is 0.906 bits per heavy atom. The molecule has 1 aliphatic heterocycles. The van der Waals surface area contributed by atoms with Gasteiger partial charge >= 0.3 is 6.09 Å². The van der Waals surface area contributed by atoms with Crippen LogP contribution in [0.25, 0.3) is 10.4 Å². The van der Waals surface area contributed by atoms with Gasteiger partial charge in [-0.2, -0.15) is 0 Å². The number of β-amino-alcohol motifs (C(OH)–C–C–N with tert-alkyl or cyclic N) is 1. The number of hydrogen-bond donors (Lipinski definition) is 5. The summed E-state index contributed by atoms with van der Waals surface area (Å²) in [5, 5.41) is 21.4. The number of aryl methyl sites for hydroxylation is 1. The predicted octanol–water partition coefficient (Wildman–Crippen LogP) is 2.68. The van der Waals surface area contributed by atoms with Crippen LogP contribution in [0.15, 0.2) is 29.8 Å². The van der Waals surface area contributed by atoms with Gasteiger partial charge in [0.05, 0.1) is 48.6 Å². The van der Waals surface area contributed by atoms with Crippen LogP contribution in [0.5, 0.6) is 0 Å². The van der Waals surface area contributed by atoms with E-state index in [1.165, 1.54) is 4.90 Å². The van der Waals surface area contributed by atoms with Gasteiger partial charge in [-0.3, -0.25) is 19.2 Å². The smallest absolute Gasteiger partial charge is 0.407 e. The molecule has 0 unspecified atom stereocenters. The minimum atomic E-state index is -0.995. The van der Waals surface area contributed by atoms with Gasteiger partial charge in [-0.25, -0.2) is 9.78 Å². The number of thiazole rings is 1. The Hall–Kier alpha value is -4.12. The van der Waals surface area contributed by atoms with Crippen LogP contribution >= 0.6 is 11.3 Å². The molecule has 53 heavy (non-hydrogen) atoms. The molecule has 2 aromatic rings. The number of alkyl carbamates (subject to hydrolysis) is 1. The molecule has 0 radical (unpaired) electrons. The number of amides is 5. The van der Waals surface area contributed by atoms with Gasteiger partial charge in [0.15, 0.2) is 0 Å². The summed E-state index contributed by atoms with van der Waals surface area (Å²) in [4.78, 5) is 70.8. The first kappa shape index (κ1) is 43.3. The Labute approximate surface area is 315 Å². The summed E-state index contributed by atoms with van der Waals surface area (Å²) >= 11 is 1.56. The highest BCUT2D eigenvalue weighted by atomic mass is 32.1. The van der Waals surface area contributed by atoms with E-state index in [1.807, 2.05) is 31.2 Å². The van der Waals surface area contributed by atoms with Crippen molar-refractivity contribution in [2.45, 2.75) is 98.1 Å². The summed E-state index contributed by atoms with van der Waals surface area (Å²) in [6.07, 6.45) is -1.56. The van der Waals surface area contributed by atoms with Crippen molar-refractivity contribution in [1.29, 1.82) is 0 Å². The van der Waals surface area contributed by atoms with E-state index in [9.17, 15) is 29.1 Å². The van der Waals surface area contributed by atoms with Gasteiger partial charge in [-0.05, 0) is 44.2 Å². The number of likely N-dealkylation sites (tertiary alicyclic amines) is 1. The SMILES string of the molecule is Cc1ncsc1-c1ccc(CNC(=O)[C@@H]2C[C@@H](O)CN2C(=O)[C@@H](NC(=O)CCC(=O)NCCOCCOCCNC(=O)OC(C)(C)C)C(C)(C)C)cc1. The molecule has 1 aromatic heterocycles. The van der Waals surface area contributed by atoms with Gasteiger partial charge in [-0.1, -0.05) is 45.0 Å². The molecule has 15 nitrogen and oxygen atoms in total. The fraction of sp³-hybridized carbons (Fsp3) is 0.622. The van der Waals surface area contributed by atoms with E-state index in [2.05, 4.69) is 26.3 Å². The van der Waals surface area contributed by atoms with Gasteiger partial charge in [0, 0.05) is 45.4 Å². The number of aromatic nitrogens is 1. The van der Waals surface area contributed by atoms with E-state index >= 15 is 0 Å². The molecular formula is C37H56N6O9S. The van der Waals surface area contributed by atoms with Gasteiger partial charge in [0.25, 0.3) is 0 Å². The van der Waals surface area contributed by atoms with E-state index < -0.39 is 53.0 Å². The third-order valence-electron chi connectivity index (χ3n) is 8.15. The Kier molecular flexibility index (Phi) is 16.6. The van der Waals surface area contributed by atoms with E-state index in [0.717, 1.165) is 21.7 Å². The molecule has 1 aliphatic rings. The van der Waals surface area contributed by atoms with E-state index in [4.69, 9.17) is 14.2 Å². The van der Waals surface area contributed by atoms with Crippen LogP contribution in [0, 0.1) is 12.3 Å². The van der Waals surface area contributed by atoms with Crippen molar-refractivity contribution in [3.05, 3.63) is 41.0 Å². The number of carbonyl (C=O) groups excluding carboxylic acids is 5. The van der Waals surface area contributed by atoms with Gasteiger partial charge in [0.1, 0.15) is 17.7 Å². The maximum atomic E-state index is 13.8. The highest BCUT2D eigenvalue weighted by Crippen LogP contribution is 2.28. The zero-order valence-corrected chi connectivity index (χ0v) is 32.7. The molecule has 0 aliphatic carbocycles. The average molecular weight is 761 g/mol. The molecule has 1 fully saturated rings. The Bertz CT molecular complexity index is 1520. The number of carbonyl (C=O) groups is 5. The molecule has 0 bridgehead atoms. The largest absolute Gasteiger partial charge is 0.444 e. The Morgan fingerprint density at radius 2 is 1.53 bits per heavy atom. The maximum Gasteiger partial charge on any atom is 0.407 e. The first-order chi connectivity index (χ1) is 24.9. The first-order valence-electron chi connectivity index (χ1n) is 17.9. The van der Waals surface area contributed by atoms with Crippen molar-refractivity contribution < 1.29 is 43.3 Å². The van der Waals surface area contributed by atoms with Crippen molar-refractivity contribution in [2.75, 3.05) is 46.1 Å². The molecule has 0 spiro atoms. The Balaban J connectivity index is 1.38. The summed E-state index contributed by atoms with van der Waals surface area (Å²) < 4.78 is 16.0. The lowest BCUT2D eigenvalue weighted by atomic mass is 9.85. The fourth-order valence-electron chi connectivity index (χ4n) is 5.45. The summed E-state index contributed by atoms with van der Waals surface area (Å²) in [6, 6.07) is 5.91. The van der Waals surface area contributed by atoms with Crippen LogP contribution in [0.2, 0.25) is 0 Å². The summed E-state index contributed by atoms with van der Waals surface area (Å²) in [6.45, 7) is 14.6.